The molecule has 6 nitrogen and oxygen atoms in total. The van der Waals surface area contributed by atoms with Crippen molar-refractivity contribution in [1.82, 2.24) is 20.9 Å². The maximum atomic E-state index is 12.4. The first-order valence-corrected chi connectivity index (χ1v) is 13.2. The van der Waals surface area contributed by atoms with Gasteiger partial charge in [-0.25, -0.2) is 4.79 Å². The predicted octanol–water partition coefficient (Wildman–Crippen LogP) is 6.63. The van der Waals surface area contributed by atoms with E-state index < -0.39 is 0 Å². The van der Waals surface area contributed by atoms with E-state index in [0.29, 0.717) is 6.04 Å². The predicted molar refractivity (Wildman–Crippen MR) is 142 cm³/mol. The number of allylic oxidation sites excluding steroid dienone is 3. The molecule has 2 fully saturated rings. The minimum Gasteiger partial charge on any atom is -0.469 e. The largest absolute Gasteiger partial charge is 0.469 e. The molecule has 1 saturated carbocycles. The smallest absolute Gasteiger partial charge is 0.319 e. The lowest BCUT2D eigenvalue weighted by Gasteiger charge is -2.34. The van der Waals surface area contributed by atoms with Crippen LogP contribution in [0.2, 0.25) is 0 Å². The molecule has 1 aliphatic carbocycles. The summed E-state index contributed by atoms with van der Waals surface area (Å²) in [7, 11) is 0. The van der Waals surface area contributed by atoms with Gasteiger partial charge in [-0.05, 0) is 64.5 Å². The number of carbonyl (C=O) groups excluding carboxylic acids is 1. The Morgan fingerprint density at radius 2 is 1.85 bits per heavy atom. The zero-order valence-corrected chi connectivity index (χ0v) is 23.0. The Hall–Kier alpha value is -2.11. The Morgan fingerprint density at radius 1 is 1.21 bits per heavy atom. The lowest BCUT2D eigenvalue weighted by molar-refractivity contribution is 0.140. The van der Waals surface area contributed by atoms with Crippen molar-refractivity contribution in [2.75, 3.05) is 6.54 Å². The average molecular weight is 465 g/mol. The van der Waals surface area contributed by atoms with Gasteiger partial charge in [-0.15, -0.1) is 0 Å². The molecule has 0 aromatic heterocycles. The fourth-order valence-electron chi connectivity index (χ4n) is 3.46. The van der Waals surface area contributed by atoms with Gasteiger partial charge in [0.15, 0.2) is 6.23 Å². The van der Waals surface area contributed by atoms with Crippen molar-refractivity contribution in [1.29, 1.82) is 0 Å². The third-order valence-electron chi connectivity index (χ3n) is 5.73. The van der Waals surface area contributed by atoms with Crippen LogP contribution in [0.25, 0.3) is 0 Å². The highest BCUT2D eigenvalue weighted by molar-refractivity contribution is 5.74. The number of hydrogen-bond donors (Lipinski definition) is 3. The molecule has 6 heteroatoms. The number of likely N-dealkylation sites (tertiary alicyclic amines) is 1. The molecular formula is C27H52N4O2. The highest BCUT2D eigenvalue weighted by Crippen LogP contribution is 2.52. The highest BCUT2D eigenvalue weighted by Gasteiger charge is 2.44. The van der Waals surface area contributed by atoms with Crippen LogP contribution in [0, 0.1) is 5.41 Å². The maximum absolute atomic E-state index is 12.4. The summed E-state index contributed by atoms with van der Waals surface area (Å²) >= 11 is 0. The molecule has 0 bridgehead atoms. The first-order valence-electron chi connectivity index (χ1n) is 13.2. The molecule has 0 radical (unpaired) electrons. The van der Waals surface area contributed by atoms with E-state index in [4.69, 9.17) is 4.74 Å². The van der Waals surface area contributed by atoms with Gasteiger partial charge in [0.2, 0.25) is 0 Å². The number of hydrogen-bond acceptors (Lipinski definition) is 4. The first-order chi connectivity index (χ1) is 15.9. The van der Waals surface area contributed by atoms with E-state index in [1.54, 1.807) is 0 Å². The van der Waals surface area contributed by atoms with Crippen molar-refractivity contribution in [2.45, 2.75) is 120 Å². The first kappa shape index (κ1) is 30.9. The summed E-state index contributed by atoms with van der Waals surface area (Å²) in [5.74, 6) is 1.07. The van der Waals surface area contributed by atoms with Gasteiger partial charge in [-0.1, -0.05) is 54.5 Å². The summed E-state index contributed by atoms with van der Waals surface area (Å²) in [6, 6.07) is 0.334. The maximum Gasteiger partial charge on any atom is 0.319 e. The molecule has 3 aliphatic rings. The highest BCUT2D eigenvalue weighted by atomic mass is 16.5. The van der Waals surface area contributed by atoms with Crippen molar-refractivity contribution in [3.63, 3.8) is 0 Å². The number of rotatable bonds is 6. The summed E-state index contributed by atoms with van der Waals surface area (Å²) < 4.78 is 5.95. The zero-order valence-electron chi connectivity index (χ0n) is 23.0. The average Bonchev–Trinajstić information content (AvgIpc) is 3.41. The second kappa shape index (κ2) is 16.5. The number of nitrogens with one attached hydrogen (secondary N) is 3. The summed E-state index contributed by atoms with van der Waals surface area (Å²) in [6.07, 6.45) is 13.5. The number of ether oxygens (including phenoxy) is 1. The van der Waals surface area contributed by atoms with E-state index in [0.717, 1.165) is 30.7 Å². The van der Waals surface area contributed by atoms with Crippen molar-refractivity contribution in [2.24, 2.45) is 5.41 Å². The Kier molecular flexibility index (Phi) is 15.4. The molecule has 0 aromatic carbocycles. The Balaban J connectivity index is 0.00000158. The van der Waals surface area contributed by atoms with E-state index >= 15 is 0 Å². The molecule has 3 N–H and O–H groups in total. The fraction of sp³-hybridized carbons (Fsp3) is 0.741. The number of nitrogens with zero attached hydrogens (tertiary/aromatic N) is 1. The Morgan fingerprint density at radius 3 is 2.42 bits per heavy atom. The molecule has 3 rings (SSSR count). The van der Waals surface area contributed by atoms with Crippen LogP contribution in [0.4, 0.5) is 4.79 Å². The lowest BCUT2D eigenvalue weighted by Crippen LogP contribution is -2.52. The van der Waals surface area contributed by atoms with Gasteiger partial charge < -0.3 is 25.6 Å². The van der Waals surface area contributed by atoms with Crippen LogP contribution < -0.4 is 16.0 Å². The molecule has 2 heterocycles. The van der Waals surface area contributed by atoms with Crippen LogP contribution in [0.5, 0.6) is 0 Å². The summed E-state index contributed by atoms with van der Waals surface area (Å²) in [5, 5.41) is 9.52. The van der Waals surface area contributed by atoms with E-state index in [1.807, 2.05) is 84.8 Å². The SMILES string of the molecule is CC.CC.CC.CC(/C=C/C1NC=C(C2(C)CC2)O1)=C\NC(C)NC(=O)N1CCCCC1C. The van der Waals surface area contributed by atoms with Crippen LogP contribution >= 0.6 is 0 Å². The normalized spacial score (nSPS) is 23.6. The van der Waals surface area contributed by atoms with Gasteiger partial charge in [0, 0.05) is 30.4 Å². The third kappa shape index (κ3) is 10.6. The van der Waals surface area contributed by atoms with Crippen LogP contribution in [0.15, 0.2) is 35.9 Å². The minimum absolute atomic E-state index is 0.0134. The van der Waals surface area contributed by atoms with Crippen molar-refractivity contribution >= 4 is 6.03 Å². The van der Waals surface area contributed by atoms with Crippen molar-refractivity contribution in [3.8, 4) is 0 Å². The molecule has 33 heavy (non-hydrogen) atoms. The molecule has 3 unspecified atom stereocenters. The monoisotopic (exact) mass is 464 g/mol. The van der Waals surface area contributed by atoms with Gasteiger partial charge in [0.25, 0.3) is 0 Å². The second-order valence-corrected chi connectivity index (χ2v) is 8.40. The lowest BCUT2D eigenvalue weighted by atomic mass is 10.0. The van der Waals surface area contributed by atoms with Gasteiger partial charge in [-0.3, -0.25) is 0 Å². The topological polar surface area (TPSA) is 65.6 Å². The van der Waals surface area contributed by atoms with Gasteiger partial charge in [-0.2, -0.15) is 0 Å². The summed E-state index contributed by atoms with van der Waals surface area (Å²) in [5.41, 5.74) is 1.32. The van der Waals surface area contributed by atoms with Crippen LogP contribution in [-0.2, 0) is 4.74 Å². The van der Waals surface area contributed by atoms with E-state index in [1.165, 1.54) is 19.3 Å². The zero-order chi connectivity index (χ0) is 25.4. The quantitative estimate of drug-likeness (QED) is 0.305. The second-order valence-electron chi connectivity index (χ2n) is 8.40. The standard InChI is InChI=1S/C21H34N4O2.3C2H6/c1-15(8-9-19-23-14-18(27-19)21(4)10-11-21)13-22-17(3)24-20(26)25-12-6-5-7-16(25)2;3*1-2/h8-9,13-14,16-17,19,22-23H,5-7,10-12H2,1-4H3,(H,24,26);3*1-2H3/b9-8+,15-13+;;;. The molecule has 0 spiro atoms. The molecule has 2 amide bonds. The molecule has 192 valence electrons. The molecule has 1 saturated heterocycles. The molecular weight excluding hydrogens is 412 g/mol. The molecule has 3 atom stereocenters. The van der Waals surface area contributed by atoms with Gasteiger partial charge in [0.1, 0.15) is 5.76 Å². The third-order valence-corrected chi connectivity index (χ3v) is 5.73. The molecule has 2 aliphatic heterocycles. The summed E-state index contributed by atoms with van der Waals surface area (Å²) in [6.45, 7) is 21.2. The molecule has 0 aromatic rings. The fourth-order valence-corrected chi connectivity index (χ4v) is 3.46. The van der Waals surface area contributed by atoms with Crippen LogP contribution in [0.1, 0.15) is 101 Å². The van der Waals surface area contributed by atoms with Crippen LogP contribution in [0.3, 0.4) is 0 Å². The van der Waals surface area contributed by atoms with E-state index in [-0.39, 0.29) is 23.8 Å². The number of urea groups is 1. The van der Waals surface area contributed by atoms with E-state index in [9.17, 15) is 4.79 Å². The van der Waals surface area contributed by atoms with E-state index in [2.05, 4.69) is 29.8 Å². The van der Waals surface area contributed by atoms with Gasteiger partial charge >= 0.3 is 6.03 Å². The van der Waals surface area contributed by atoms with Crippen LogP contribution in [-0.4, -0.2) is 35.9 Å². The van der Waals surface area contributed by atoms with Crippen molar-refractivity contribution in [3.05, 3.63) is 35.9 Å². The Bertz CT molecular complexity index is 638. The Labute approximate surface area is 204 Å². The van der Waals surface area contributed by atoms with Crippen molar-refractivity contribution < 1.29 is 9.53 Å². The number of piperidine rings is 1. The number of carbonyl (C=O) groups is 1. The minimum atomic E-state index is -0.126. The van der Waals surface area contributed by atoms with Gasteiger partial charge in [0.05, 0.1) is 6.17 Å². The number of amides is 2. The summed E-state index contributed by atoms with van der Waals surface area (Å²) in [4.78, 5) is 14.3.